The highest BCUT2D eigenvalue weighted by molar-refractivity contribution is 5.82. The van der Waals surface area contributed by atoms with E-state index in [1.165, 1.54) is 6.07 Å². The molecule has 2 N–H and O–H groups in total. The fourth-order valence-electron chi connectivity index (χ4n) is 3.86. The van der Waals surface area contributed by atoms with Crippen molar-refractivity contribution in [2.45, 2.75) is 38.2 Å². The summed E-state index contributed by atoms with van der Waals surface area (Å²) in [6, 6.07) is 19.9. The molecule has 4 rings (SSSR count). The van der Waals surface area contributed by atoms with Crippen LogP contribution in [0.3, 0.4) is 0 Å². The van der Waals surface area contributed by atoms with Crippen LogP contribution >= 0.6 is 0 Å². The van der Waals surface area contributed by atoms with Crippen LogP contribution in [-0.4, -0.2) is 18.5 Å². The van der Waals surface area contributed by atoms with Crippen LogP contribution < -0.4 is 15.4 Å². The number of carbonyl (C=O) groups is 1. The first-order valence-electron chi connectivity index (χ1n) is 10.9. The van der Waals surface area contributed by atoms with Crippen molar-refractivity contribution in [3.63, 3.8) is 0 Å². The van der Waals surface area contributed by atoms with Crippen molar-refractivity contribution in [1.29, 1.82) is 0 Å². The summed E-state index contributed by atoms with van der Waals surface area (Å²) in [5, 5.41) is 6.05. The smallest absolute Gasteiger partial charge is 0.416 e. The fraction of sp³-hybridized carbons (Fsp3) is 0.269. The monoisotopic (exact) mass is 454 g/mol. The molecule has 4 nitrogen and oxygen atoms in total. The molecule has 33 heavy (non-hydrogen) atoms. The molecule has 3 aromatic rings. The standard InChI is InChI=1S/C26H25F3N2O2/c27-26(28,29)21-11-12-24(33-17-18-6-2-1-3-7-18)22(15-21)20-9-4-8-19(14-20)16-31-25(32)23-10-5-13-30-23/h1-4,6-9,11-12,14-15,23,30H,5,10,13,16-17H2,(H,31,32)/t23-/m0/s1. The summed E-state index contributed by atoms with van der Waals surface area (Å²) in [7, 11) is 0. The van der Waals surface area contributed by atoms with Gasteiger partial charge in [0.15, 0.2) is 0 Å². The predicted molar refractivity (Wildman–Crippen MR) is 121 cm³/mol. The summed E-state index contributed by atoms with van der Waals surface area (Å²) in [4.78, 5) is 12.3. The SMILES string of the molecule is O=C(NCc1cccc(-c2cc(C(F)(F)F)ccc2OCc2ccccc2)c1)[C@@H]1CCCN1. The van der Waals surface area contributed by atoms with Gasteiger partial charge in [0.25, 0.3) is 0 Å². The van der Waals surface area contributed by atoms with Gasteiger partial charge >= 0.3 is 6.18 Å². The number of rotatable bonds is 7. The number of hydrogen-bond donors (Lipinski definition) is 2. The second-order valence-electron chi connectivity index (χ2n) is 8.05. The van der Waals surface area contributed by atoms with Gasteiger partial charge in [-0.05, 0) is 60.3 Å². The van der Waals surface area contributed by atoms with E-state index < -0.39 is 11.7 Å². The maximum atomic E-state index is 13.4. The first kappa shape index (κ1) is 22.9. The van der Waals surface area contributed by atoms with Gasteiger partial charge < -0.3 is 15.4 Å². The minimum atomic E-state index is -4.47. The third-order valence-electron chi connectivity index (χ3n) is 5.63. The maximum Gasteiger partial charge on any atom is 0.416 e. The number of nitrogens with one attached hydrogen (secondary N) is 2. The molecule has 7 heteroatoms. The highest BCUT2D eigenvalue weighted by Gasteiger charge is 2.31. The van der Waals surface area contributed by atoms with E-state index in [1.807, 2.05) is 36.4 Å². The molecule has 3 aromatic carbocycles. The lowest BCUT2D eigenvalue weighted by atomic mass is 9.99. The Hall–Kier alpha value is -3.32. The van der Waals surface area contributed by atoms with E-state index in [9.17, 15) is 18.0 Å². The van der Waals surface area contributed by atoms with Crippen molar-refractivity contribution in [2.75, 3.05) is 6.54 Å². The van der Waals surface area contributed by atoms with Gasteiger partial charge in [0.05, 0.1) is 11.6 Å². The summed E-state index contributed by atoms with van der Waals surface area (Å²) in [6.45, 7) is 1.36. The third-order valence-corrected chi connectivity index (χ3v) is 5.63. The van der Waals surface area contributed by atoms with Crippen LogP contribution in [0.1, 0.15) is 29.5 Å². The Balaban J connectivity index is 1.57. The molecule has 0 unspecified atom stereocenters. The van der Waals surface area contributed by atoms with Gasteiger partial charge in [-0.3, -0.25) is 4.79 Å². The molecule has 1 fully saturated rings. The van der Waals surface area contributed by atoms with Crippen molar-refractivity contribution in [2.24, 2.45) is 0 Å². The van der Waals surface area contributed by atoms with Gasteiger partial charge in [-0.1, -0.05) is 48.5 Å². The second kappa shape index (κ2) is 10.1. The number of ether oxygens (including phenoxy) is 1. The van der Waals surface area contributed by atoms with Gasteiger partial charge in [-0.2, -0.15) is 13.2 Å². The Morgan fingerprint density at radius 1 is 1.00 bits per heavy atom. The quantitative estimate of drug-likeness (QED) is 0.508. The van der Waals surface area contributed by atoms with Gasteiger partial charge in [-0.25, -0.2) is 0 Å². The Kier molecular flexibility index (Phi) is 6.99. The molecule has 0 bridgehead atoms. The van der Waals surface area contributed by atoms with E-state index in [2.05, 4.69) is 10.6 Å². The van der Waals surface area contributed by atoms with E-state index in [-0.39, 0.29) is 18.6 Å². The fourth-order valence-corrected chi connectivity index (χ4v) is 3.86. The van der Waals surface area contributed by atoms with Crippen molar-refractivity contribution in [1.82, 2.24) is 10.6 Å². The molecule has 0 aliphatic carbocycles. The Labute approximate surface area is 190 Å². The molecule has 0 aromatic heterocycles. The maximum absolute atomic E-state index is 13.4. The molecular weight excluding hydrogens is 429 g/mol. The van der Waals surface area contributed by atoms with Crippen LogP contribution in [0.15, 0.2) is 72.8 Å². The zero-order valence-corrected chi connectivity index (χ0v) is 18.0. The van der Waals surface area contributed by atoms with E-state index >= 15 is 0 Å². The molecule has 1 aliphatic rings. The van der Waals surface area contributed by atoms with E-state index in [0.29, 0.717) is 23.4 Å². The van der Waals surface area contributed by atoms with Gasteiger partial charge in [-0.15, -0.1) is 0 Å². The van der Waals surface area contributed by atoms with Crippen molar-refractivity contribution in [3.05, 3.63) is 89.5 Å². The van der Waals surface area contributed by atoms with Crippen LogP contribution in [0.4, 0.5) is 13.2 Å². The highest BCUT2D eigenvalue weighted by Crippen LogP contribution is 2.37. The van der Waals surface area contributed by atoms with E-state index in [4.69, 9.17) is 4.74 Å². The molecule has 0 radical (unpaired) electrons. The highest BCUT2D eigenvalue weighted by atomic mass is 19.4. The summed E-state index contributed by atoms with van der Waals surface area (Å²) in [5.41, 5.74) is 1.92. The third kappa shape index (κ3) is 5.93. The zero-order chi connectivity index (χ0) is 23.3. The average Bonchev–Trinajstić information content (AvgIpc) is 3.37. The molecule has 1 saturated heterocycles. The van der Waals surface area contributed by atoms with Crippen molar-refractivity contribution in [3.8, 4) is 16.9 Å². The van der Waals surface area contributed by atoms with Gasteiger partial charge in [0, 0.05) is 12.1 Å². The normalized spacial score (nSPS) is 15.9. The molecule has 0 saturated carbocycles. The number of hydrogen-bond acceptors (Lipinski definition) is 3. The Morgan fingerprint density at radius 2 is 1.79 bits per heavy atom. The van der Waals surface area contributed by atoms with E-state index in [1.54, 1.807) is 18.2 Å². The summed E-state index contributed by atoms with van der Waals surface area (Å²) >= 11 is 0. The summed E-state index contributed by atoms with van der Waals surface area (Å²) < 4.78 is 46.1. The summed E-state index contributed by atoms with van der Waals surface area (Å²) in [6.07, 6.45) is -2.69. The first-order chi connectivity index (χ1) is 15.9. The predicted octanol–water partition coefficient (Wildman–Crippen LogP) is 5.32. The lowest BCUT2D eigenvalue weighted by Crippen LogP contribution is -2.39. The molecule has 1 heterocycles. The van der Waals surface area contributed by atoms with Crippen LogP contribution in [0.5, 0.6) is 5.75 Å². The van der Waals surface area contributed by atoms with Crippen molar-refractivity contribution >= 4 is 5.91 Å². The largest absolute Gasteiger partial charge is 0.488 e. The molecule has 172 valence electrons. The van der Waals surface area contributed by atoms with Crippen LogP contribution in [0.25, 0.3) is 11.1 Å². The summed E-state index contributed by atoms with van der Waals surface area (Å²) in [5.74, 6) is 0.298. The molecule has 1 atom stereocenters. The Bertz CT molecular complexity index is 1090. The molecule has 0 spiro atoms. The Morgan fingerprint density at radius 3 is 2.52 bits per heavy atom. The molecule has 1 aliphatic heterocycles. The molecule has 1 amide bonds. The lowest BCUT2D eigenvalue weighted by Gasteiger charge is -2.16. The van der Waals surface area contributed by atoms with Gasteiger partial charge in [0.2, 0.25) is 5.91 Å². The average molecular weight is 454 g/mol. The van der Waals surface area contributed by atoms with E-state index in [0.717, 1.165) is 42.6 Å². The zero-order valence-electron chi connectivity index (χ0n) is 18.0. The number of carbonyl (C=O) groups excluding carboxylic acids is 1. The van der Waals surface area contributed by atoms with Crippen LogP contribution in [0.2, 0.25) is 0 Å². The topological polar surface area (TPSA) is 50.4 Å². The number of amides is 1. The van der Waals surface area contributed by atoms with Gasteiger partial charge in [0.1, 0.15) is 12.4 Å². The van der Waals surface area contributed by atoms with Crippen LogP contribution in [0, 0.1) is 0 Å². The molecular formula is C26H25F3N2O2. The van der Waals surface area contributed by atoms with Crippen LogP contribution in [-0.2, 0) is 24.1 Å². The first-order valence-corrected chi connectivity index (χ1v) is 10.9. The number of benzene rings is 3. The minimum absolute atomic E-state index is 0.0659. The second-order valence-corrected chi connectivity index (χ2v) is 8.05. The van der Waals surface area contributed by atoms with Crippen molar-refractivity contribution < 1.29 is 22.7 Å². The number of alkyl halides is 3. The minimum Gasteiger partial charge on any atom is -0.488 e. The number of halogens is 3. The lowest BCUT2D eigenvalue weighted by molar-refractivity contribution is -0.137.